The smallest absolute Gasteiger partial charge is 0.228 e. The van der Waals surface area contributed by atoms with Crippen LogP contribution in [0.3, 0.4) is 0 Å². The second-order valence-corrected chi connectivity index (χ2v) is 8.04. The van der Waals surface area contributed by atoms with Gasteiger partial charge in [-0.25, -0.2) is 0 Å². The molecule has 1 aliphatic heterocycles. The molecule has 1 saturated heterocycles. The third-order valence-electron chi connectivity index (χ3n) is 5.02. The maximum atomic E-state index is 12.6. The Morgan fingerprint density at radius 1 is 1.15 bits per heavy atom. The fraction of sp³-hybridized carbons (Fsp3) is 0.550. The molecule has 1 saturated carbocycles. The van der Waals surface area contributed by atoms with E-state index in [1.807, 2.05) is 31.2 Å². The van der Waals surface area contributed by atoms with Gasteiger partial charge >= 0.3 is 0 Å². The number of anilines is 1. The van der Waals surface area contributed by atoms with E-state index in [1.54, 1.807) is 0 Å². The van der Waals surface area contributed by atoms with Gasteiger partial charge in [0.2, 0.25) is 5.95 Å². The van der Waals surface area contributed by atoms with Crippen molar-refractivity contribution < 1.29 is 9.53 Å². The number of Topliss-reactive ketones (excluding diaryl/α,β-unsaturated/α-hetero) is 1. The summed E-state index contributed by atoms with van der Waals surface area (Å²) in [4.78, 5) is 14.9. The largest absolute Gasteiger partial charge is 0.494 e. The van der Waals surface area contributed by atoms with E-state index in [1.165, 1.54) is 43.9 Å². The third-order valence-corrected chi connectivity index (χ3v) is 5.96. The standard InChI is InChI=1S/C20H26N4O2S/c1-2-26-17-10-6-15(7-11-17)18(25)14-27-20-22-21-19(24(20)16-8-9-16)23-12-4-3-5-13-23/h6-7,10-11,16H,2-5,8-9,12-14H2,1H3. The molecule has 0 radical (unpaired) electrons. The molecule has 1 aliphatic carbocycles. The first-order valence-electron chi connectivity index (χ1n) is 9.85. The van der Waals surface area contributed by atoms with Gasteiger partial charge in [-0.05, 0) is 63.3 Å². The highest BCUT2D eigenvalue weighted by molar-refractivity contribution is 7.99. The Hall–Kier alpha value is -2.02. The lowest BCUT2D eigenvalue weighted by molar-refractivity contribution is 0.102. The molecule has 0 atom stereocenters. The molecule has 0 spiro atoms. The van der Waals surface area contributed by atoms with E-state index in [4.69, 9.17) is 4.74 Å². The van der Waals surface area contributed by atoms with Crippen molar-refractivity contribution >= 4 is 23.5 Å². The normalized spacial score (nSPS) is 17.1. The van der Waals surface area contributed by atoms with Gasteiger partial charge in [-0.1, -0.05) is 11.8 Å². The Balaban J connectivity index is 1.43. The Bertz CT molecular complexity index is 780. The van der Waals surface area contributed by atoms with E-state index in [0.717, 1.165) is 29.9 Å². The van der Waals surface area contributed by atoms with Gasteiger partial charge in [0.1, 0.15) is 5.75 Å². The topological polar surface area (TPSA) is 60.2 Å². The summed E-state index contributed by atoms with van der Waals surface area (Å²) in [5.41, 5.74) is 0.708. The average Bonchev–Trinajstić information content (AvgIpc) is 3.46. The zero-order chi connectivity index (χ0) is 18.6. The Labute approximate surface area is 164 Å². The first-order valence-corrected chi connectivity index (χ1v) is 10.8. The average molecular weight is 387 g/mol. The zero-order valence-electron chi connectivity index (χ0n) is 15.8. The van der Waals surface area contributed by atoms with Crippen LogP contribution < -0.4 is 9.64 Å². The zero-order valence-corrected chi connectivity index (χ0v) is 16.6. The number of thioether (sulfide) groups is 1. The lowest BCUT2D eigenvalue weighted by atomic mass is 10.1. The summed E-state index contributed by atoms with van der Waals surface area (Å²) in [5.74, 6) is 2.27. The van der Waals surface area contributed by atoms with Gasteiger partial charge in [0.15, 0.2) is 10.9 Å². The van der Waals surface area contributed by atoms with Crippen molar-refractivity contribution in [2.24, 2.45) is 0 Å². The van der Waals surface area contributed by atoms with Crippen LogP contribution in [0.4, 0.5) is 5.95 Å². The van der Waals surface area contributed by atoms with E-state index in [9.17, 15) is 4.79 Å². The van der Waals surface area contributed by atoms with Crippen molar-refractivity contribution in [2.45, 2.75) is 50.2 Å². The molecule has 7 heteroatoms. The maximum Gasteiger partial charge on any atom is 0.228 e. The SMILES string of the molecule is CCOc1ccc(C(=O)CSc2nnc(N3CCCCC3)n2C2CC2)cc1. The minimum absolute atomic E-state index is 0.105. The summed E-state index contributed by atoms with van der Waals surface area (Å²) in [5, 5.41) is 9.77. The van der Waals surface area contributed by atoms with Gasteiger partial charge in [0, 0.05) is 24.7 Å². The van der Waals surface area contributed by atoms with Crippen LogP contribution in [0.2, 0.25) is 0 Å². The minimum Gasteiger partial charge on any atom is -0.494 e. The fourth-order valence-electron chi connectivity index (χ4n) is 3.45. The molecule has 1 aromatic carbocycles. The van der Waals surface area contributed by atoms with E-state index < -0.39 is 0 Å². The molecular weight excluding hydrogens is 360 g/mol. The van der Waals surface area contributed by atoms with Crippen LogP contribution in [0.25, 0.3) is 0 Å². The number of carbonyl (C=O) groups excluding carboxylic acids is 1. The maximum absolute atomic E-state index is 12.6. The molecule has 27 heavy (non-hydrogen) atoms. The van der Waals surface area contributed by atoms with E-state index in [-0.39, 0.29) is 5.78 Å². The van der Waals surface area contributed by atoms with Crippen LogP contribution in [0.5, 0.6) is 5.75 Å². The predicted octanol–water partition coefficient (Wildman–Crippen LogP) is 3.98. The second kappa shape index (κ2) is 8.33. The third kappa shape index (κ3) is 4.29. The van der Waals surface area contributed by atoms with Crippen LogP contribution in [0.1, 0.15) is 55.4 Å². The van der Waals surface area contributed by atoms with Crippen molar-refractivity contribution in [3.05, 3.63) is 29.8 Å². The van der Waals surface area contributed by atoms with Crippen molar-refractivity contribution in [3.63, 3.8) is 0 Å². The highest BCUT2D eigenvalue weighted by Crippen LogP contribution is 2.41. The number of benzene rings is 1. The molecule has 0 amide bonds. The molecule has 2 aromatic rings. The molecule has 144 valence electrons. The van der Waals surface area contributed by atoms with Crippen LogP contribution in [0, 0.1) is 0 Å². The van der Waals surface area contributed by atoms with Crippen LogP contribution in [0.15, 0.2) is 29.4 Å². The van der Waals surface area contributed by atoms with Crippen LogP contribution in [-0.2, 0) is 0 Å². The van der Waals surface area contributed by atoms with Gasteiger partial charge in [-0.2, -0.15) is 0 Å². The molecule has 6 nitrogen and oxygen atoms in total. The lowest BCUT2D eigenvalue weighted by Crippen LogP contribution is -2.31. The molecule has 1 aromatic heterocycles. The quantitative estimate of drug-likeness (QED) is 0.505. The van der Waals surface area contributed by atoms with Gasteiger partial charge < -0.3 is 9.64 Å². The van der Waals surface area contributed by atoms with Crippen LogP contribution >= 0.6 is 11.8 Å². The summed E-state index contributed by atoms with van der Waals surface area (Å²) >= 11 is 1.50. The monoisotopic (exact) mass is 386 g/mol. The molecule has 2 fully saturated rings. The number of rotatable bonds is 8. The summed E-state index contributed by atoms with van der Waals surface area (Å²) in [7, 11) is 0. The molecule has 0 unspecified atom stereocenters. The molecular formula is C20H26N4O2S. The highest BCUT2D eigenvalue weighted by atomic mass is 32.2. The van der Waals surface area contributed by atoms with Crippen molar-refractivity contribution in [2.75, 3.05) is 30.3 Å². The lowest BCUT2D eigenvalue weighted by Gasteiger charge is -2.27. The van der Waals surface area contributed by atoms with Gasteiger partial charge in [0.05, 0.1) is 12.4 Å². The first kappa shape index (κ1) is 18.3. The molecule has 4 rings (SSSR count). The van der Waals surface area contributed by atoms with Crippen LogP contribution in [-0.4, -0.2) is 46.0 Å². The Morgan fingerprint density at radius 2 is 1.89 bits per heavy atom. The molecule has 2 heterocycles. The highest BCUT2D eigenvalue weighted by Gasteiger charge is 2.32. The summed E-state index contributed by atoms with van der Waals surface area (Å²) in [6.07, 6.45) is 6.09. The number of piperidine rings is 1. The van der Waals surface area contributed by atoms with Crippen molar-refractivity contribution in [1.82, 2.24) is 14.8 Å². The number of hydrogen-bond acceptors (Lipinski definition) is 6. The van der Waals surface area contributed by atoms with Gasteiger partial charge in [-0.3, -0.25) is 9.36 Å². The van der Waals surface area contributed by atoms with Crippen molar-refractivity contribution in [3.8, 4) is 5.75 Å². The summed E-state index contributed by atoms with van der Waals surface area (Å²) in [6.45, 7) is 4.68. The number of aromatic nitrogens is 3. The van der Waals surface area contributed by atoms with E-state index in [2.05, 4.69) is 19.7 Å². The van der Waals surface area contributed by atoms with E-state index >= 15 is 0 Å². The van der Waals surface area contributed by atoms with Gasteiger partial charge in [0.25, 0.3) is 0 Å². The fourth-order valence-corrected chi connectivity index (χ4v) is 4.34. The predicted molar refractivity (Wildman–Crippen MR) is 107 cm³/mol. The summed E-state index contributed by atoms with van der Waals surface area (Å²) < 4.78 is 7.70. The minimum atomic E-state index is 0.105. The number of carbonyl (C=O) groups is 1. The number of hydrogen-bond donors (Lipinski definition) is 0. The number of ketones is 1. The van der Waals surface area contributed by atoms with Crippen molar-refractivity contribution in [1.29, 1.82) is 0 Å². The second-order valence-electron chi connectivity index (χ2n) is 7.10. The molecule has 0 N–H and O–H groups in total. The molecule has 0 bridgehead atoms. The van der Waals surface area contributed by atoms with E-state index in [0.29, 0.717) is 24.0 Å². The number of nitrogens with zero attached hydrogens (tertiary/aromatic N) is 4. The number of ether oxygens (including phenoxy) is 1. The first-order chi connectivity index (χ1) is 13.3. The summed E-state index contributed by atoms with van der Waals surface area (Å²) in [6, 6.07) is 7.86. The Kier molecular flexibility index (Phi) is 5.66. The molecule has 2 aliphatic rings. The van der Waals surface area contributed by atoms with Gasteiger partial charge in [-0.15, -0.1) is 10.2 Å². The Morgan fingerprint density at radius 3 is 2.56 bits per heavy atom.